The van der Waals surface area contributed by atoms with E-state index in [0.717, 1.165) is 0 Å². The van der Waals surface area contributed by atoms with Crippen molar-refractivity contribution in [3.8, 4) is 0 Å². The minimum absolute atomic E-state index is 0. The summed E-state index contributed by atoms with van der Waals surface area (Å²) in [5, 5.41) is 0. The molecule has 0 radical (unpaired) electrons. The van der Waals surface area contributed by atoms with Crippen molar-refractivity contribution in [3.63, 3.8) is 0 Å². The van der Waals surface area contributed by atoms with E-state index < -0.39 is 17.2 Å². The van der Waals surface area contributed by atoms with Crippen molar-refractivity contribution in [3.05, 3.63) is 0 Å². The van der Waals surface area contributed by atoms with Crippen LogP contribution in [-0.4, -0.2) is 5.48 Å². The summed E-state index contributed by atoms with van der Waals surface area (Å²) < 4.78 is 25.8. The average Bonchev–Trinajstić information content (AvgIpc) is 0.811. The Morgan fingerprint density at radius 3 is 1.00 bits per heavy atom. The fourth-order valence-corrected chi connectivity index (χ4v) is 0. The first kappa shape index (κ1) is 16.7. The quantitative estimate of drug-likeness (QED) is 0.507. The van der Waals surface area contributed by atoms with Crippen molar-refractivity contribution in [1.29, 1.82) is 0 Å². The molecule has 0 aromatic heterocycles. The second kappa shape index (κ2) is 8.89. The van der Waals surface area contributed by atoms with E-state index in [-0.39, 0.29) is 11.6 Å². The molecule has 0 bridgehead atoms. The zero-order chi connectivity index (χ0) is 3.58. The normalized spacial score (nSPS) is 4.00. The topological polar surface area (TPSA) is 116 Å². The van der Waals surface area contributed by atoms with Crippen LogP contribution in [0.5, 0.6) is 0 Å². The summed E-state index contributed by atoms with van der Waals surface area (Å²) in [6.07, 6.45) is 0. The Hall–Kier alpha value is 0.00831. The summed E-state index contributed by atoms with van der Waals surface area (Å²) in [4.78, 5) is 0. The van der Waals surface area contributed by atoms with Gasteiger partial charge in [0.1, 0.15) is 0 Å². The van der Waals surface area contributed by atoms with Gasteiger partial charge in [0.15, 0.2) is 0 Å². The molecule has 0 amide bonds. The average molecular weight is 178 g/mol. The van der Waals surface area contributed by atoms with E-state index in [1.807, 2.05) is 0 Å². The Kier molecular flexibility index (Phi) is 24.7. The van der Waals surface area contributed by atoms with Crippen LogP contribution < -0.4 is 6.15 Å². The summed E-state index contributed by atoms with van der Waals surface area (Å²) in [5.74, 6) is 0. The Labute approximate surface area is 39.7 Å². The third kappa shape index (κ3) is 525000. The van der Waals surface area contributed by atoms with E-state index in [2.05, 4.69) is 0 Å². The molecular weight excluding hydrogens is 174 g/mol. The van der Waals surface area contributed by atoms with Crippen LogP contribution in [0.25, 0.3) is 0 Å². The molecule has 5 nitrogen and oxygen atoms in total. The second-order valence-electron chi connectivity index (χ2n) is 0.204. The fourth-order valence-electron chi connectivity index (χ4n) is 0. The molecule has 40 valence electrons. The molecular formula is H4MoNO4-. The second-order valence-corrected chi connectivity index (χ2v) is 1.21. The van der Waals surface area contributed by atoms with Crippen LogP contribution >= 0.6 is 0 Å². The van der Waals surface area contributed by atoms with E-state index in [4.69, 9.17) is 10.2 Å². The van der Waals surface area contributed by atoms with Crippen LogP contribution in [0.1, 0.15) is 0 Å². The summed E-state index contributed by atoms with van der Waals surface area (Å²) in [6.45, 7) is 0. The predicted molar refractivity (Wildman–Crippen MR) is 9.02 cm³/mol. The molecule has 0 aromatic rings. The van der Waals surface area contributed by atoms with E-state index in [1.165, 1.54) is 0 Å². The minimum atomic E-state index is -4.11. The van der Waals surface area contributed by atoms with Gasteiger partial charge in [0.05, 0.1) is 0 Å². The van der Waals surface area contributed by atoms with Gasteiger partial charge in [0.25, 0.3) is 0 Å². The fraction of sp³-hybridized carbons (Fsp3) is 0. The van der Waals surface area contributed by atoms with E-state index in [9.17, 15) is 0 Å². The van der Waals surface area contributed by atoms with Crippen molar-refractivity contribution in [2.24, 2.45) is 0 Å². The number of rotatable bonds is 0. The van der Waals surface area contributed by atoms with Crippen molar-refractivity contribution in [1.82, 2.24) is 6.15 Å². The van der Waals surface area contributed by atoms with Gasteiger partial charge in [-0.25, -0.2) is 0 Å². The molecule has 6 heteroatoms. The summed E-state index contributed by atoms with van der Waals surface area (Å²) in [5.41, 5.74) is 0. The molecule has 0 aliphatic heterocycles. The van der Waals surface area contributed by atoms with Crippen LogP contribution in [0.2, 0.25) is 0 Å². The Bertz CT molecular complexity index is 76.9. The van der Waals surface area contributed by atoms with Crippen molar-refractivity contribution >= 4 is 0 Å². The molecule has 6 heavy (non-hydrogen) atoms. The molecule has 0 aliphatic rings. The first-order chi connectivity index (χ1) is 1.73. The maximum atomic E-state index is 8.59. The van der Waals surface area contributed by atoms with Crippen LogP contribution in [-0.2, 0) is 27.4 Å². The summed E-state index contributed by atoms with van der Waals surface area (Å²) in [7, 11) is 0. The SMILES string of the molecule is N.[OH-].[O]=[Mo](=[O])=[O]. The van der Waals surface area contributed by atoms with Gasteiger partial charge in [-0.15, -0.1) is 0 Å². The number of hydrogen-bond donors (Lipinski definition) is 1. The van der Waals surface area contributed by atoms with E-state index >= 15 is 0 Å². The third-order valence-corrected chi connectivity index (χ3v) is 0. The van der Waals surface area contributed by atoms with Gasteiger partial charge in [0.2, 0.25) is 0 Å². The standard InChI is InChI=1S/Mo.H3N.H2O.3O/h;1H3;1H2;;;/p-1. The Morgan fingerprint density at radius 1 is 1.00 bits per heavy atom. The predicted octanol–water partition coefficient (Wildman–Crippen LogP) is -0.374. The Balaban J connectivity index is -0.0000000450. The van der Waals surface area contributed by atoms with Gasteiger partial charge in [-0.3, -0.25) is 0 Å². The van der Waals surface area contributed by atoms with Crippen LogP contribution in [0.15, 0.2) is 0 Å². The van der Waals surface area contributed by atoms with Gasteiger partial charge in [-0.05, 0) is 0 Å². The van der Waals surface area contributed by atoms with Crippen molar-refractivity contribution < 1.29 is 32.9 Å². The van der Waals surface area contributed by atoms with Crippen LogP contribution in [0.3, 0.4) is 0 Å². The van der Waals surface area contributed by atoms with Gasteiger partial charge in [-0.1, -0.05) is 0 Å². The van der Waals surface area contributed by atoms with Gasteiger partial charge >= 0.3 is 27.4 Å². The van der Waals surface area contributed by atoms with Gasteiger partial charge in [-0.2, -0.15) is 0 Å². The summed E-state index contributed by atoms with van der Waals surface area (Å²) >= 11 is -4.11. The summed E-state index contributed by atoms with van der Waals surface area (Å²) in [6, 6.07) is 0. The molecule has 0 heterocycles. The van der Waals surface area contributed by atoms with Gasteiger partial charge in [0, 0.05) is 0 Å². The monoisotopic (exact) mass is 180 g/mol. The van der Waals surface area contributed by atoms with E-state index in [1.54, 1.807) is 0 Å². The first-order valence-electron chi connectivity index (χ1n) is 0.500. The van der Waals surface area contributed by atoms with Crippen LogP contribution in [0.4, 0.5) is 0 Å². The van der Waals surface area contributed by atoms with Crippen LogP contribution in [0, 0.1) is 0 Å². The molecule has 0 saturated carbocycles. The molecule has 0 atom stereocenters. The van der Waals surface area contributed by atoms with Crippen molar-refractivity contribution in [2.75, 3.05) is 0 Å². The Morgan fingerprint density at radius 2 is 1.00 bits per heavy atom. The molecule has 0 unspecified atom stereocenters. The van der Waals surface area contributed by atoms with E-state index in [0.29, 0.717) is 0 Å². The molecule has 0 aromatic carbocycles. The molecule has 0 spiro atoms. The third-order valence-electron chi connectivity index (χ3n) is 0. The number of hydrogen-bond acceptors (Lipinski definition) is 5. The molecule has 4 N–H and O–H groups in total. The molecule has 0 aliphatic carbocycles. The first-order valence-corrected chi connectivity index (χ1v) is 2.96. The molecule has 0 rings (SSSR count). The van der Waals surface area contributed by atoms with Gasteiger partial charge < -0.3 is 11.6 Å². The molecule has 0 fully saturated rings. The zero-order valence-electron chi connectivity index (χ0n) is 2.79. The maximum absolute atomic E-state index is 8.59. The van der Waals surface area contributed by atoms with Crippen molar-refractivity contribution in [2.45, 2.75) is 0 Å². The zero-order valence-corrected chi connectivity index (χ0v) is 4.79. The molecule has 0 saturated heterocycles.